The van der Waals surface area contributed by atoms with Crippen LogP contribution < -0.4 is 5.32 Å². The SMILES string of the molecule is Brc1cccc(Br)c1Nc1ncc(I)cn1. The van der Waals surface area contributed by atoms with Crippen LogP contribution in [0.1, 0.15) is 0 Å². The number of halogens is 3. The molecule has 0 bridgehead atoms. The van der Waals surface area contributed by atoms with Crippen molar-refractivity contribution in [2.45, 2.75) is 0 Å². The molecule has 3 nitrogen and oxygen atoms in total. The molecule has 0 saturated carbocycles. The molecule has 2 rings (SSSR count). The summed E-state index contributed by atoms with van der Waals surface area (Å²) in [4.78, 5) is 8.37. The molecule has 16 heavy (non-hydrogen) atoms. The highest BCUT2D eigenvalue weighted by Gasteiger charge is 2.05. The minimum absolute atomic E-state index is 0.577. The number of para-hydroxylation sites is 1. The second-order valence-electron chi connectivity index (χ2n) is 2.95. The van der Waals surface area contributed by atoms with Gasteiger partial charge in [0.15, 0.2) is 0 Å². The number of benzene rings is 1. The van der Waals surface area contributed by atoms with E-state index in [4.69, 9.17) is 0 Å². The minimum Gasteiger partial charge on any atom is -0.322 e. The molecule has 0 aliphatic rings. The Labute approximate surface area is 123 Å². The molecule has 0 fully saturated rings. The van der Waals surface area contributed by atoms with E-state index in [0.29, 0.717) is 5.95 Å². The summed E-state index contributed by atoms with van der Waals surface area (Å²) in [6, 6.07) is 5.87. The normalized spacial score (nSPS) is 10.2. The summed E-state index contributed by atoms with van der Waals surface area (Å²) in [5.74, 6) is 0.577. The number of nitrogens with zero attached hydrogens (tertiary/aromatic N) is 2. The summed E-state index contributed by atoms with van der Waals surface area (Å²) < 4.78 is 2.93. The molecule has 2 aromatic rings. The Morgan fingerprint density at radius 2 is 1.62 bits per heavy atom. The van der Waals surface area contributed by atoms with Crippen LogP contribution >= 0.6 is 54.5 Å². The zero-order valence-electron chi connectivity index (χ0n) is 7.92. The van der Waals surface area contributed by atoms with Crippen molar-refractivity contribution in [2.24, 2.45) is 0 Å². The van der Waals surface area contributed by atoms with E-state index >= 15 is 0 Å². The van der Waals surface area contributed by atoms with Crippen LogP contribution in [0.25, 0.3) is 0 Å². The number of rotatable bonds is 2. The summed E-state index contributed by atoms with van der Waals surface area (Å²) in [7, 11) is 0. The van der Waals surface area contributed by atoms with Crippen molar-refractivity contribution < 1.29 is 0 Å². The third kappa shape index (κ3) is 2.92. The third-order valence-electron chi connectivity index (χ3n) is 1.82. The van der Waals surface area contributed by atoms with Crippen LogP contribution in [-0.2, 0) is 0 Å². The Morgan fingerprint density at radius 3 is 2.19 bits per heavy atom. The van der Waals surface area contributed by atoms with Gasteiger partial charge in [-0.2, -0.15) is 0 Å². The fourth-order valence-corrected chi connectivity index (χ4v) is 2.58. The van der Waals surface area contributed by atoms with Gasteiger partial charge in [-0.25, -0.2) is 9.97 Å². The van der Waals surface area contributed by atoms with E-state index in [1.165, 1.54) is 0 Å². The number of nitrogens with one attached hydrogen (secondary N) is 1. The van der Waals surface area contributed by atoms with Gasteiger partial charge in [0.2, 0.25) is 5.95 Å². The van der Waals surface area contributed by atoms with Crippen LogP contribution in [0, 0.1) is 3.57 Å². The van der Waals surface area contributed by atoms with Crippen molar-refractivity contribution in [3.63, 3.8) is 0 Å². The predicted molar refractivity (Wildman–Crippen MR) is 79.9 cm³/mol. The van der Waals surface area contributed by atoms with E-state index in [9.17, 15) is 0 Å². The highest BCUT2D eigenvalue weighted by molar-refractivity contribution is 14.1. The van der Waals surface area contributed by atoms with E-state index in [-0.39, 0.29) is 0 Å². The Bertz CT molecular complexity index is 482. The molecule has 6 heteroatoms. The molecule has 0 amide bonds. The summed E-state index contributed by atoms with van der Waals surface area (Å²) >= 11 is 9.11. The molecule has 0 aliphatic heterocycles. The molecule has 1 aromatic heterocycles. The molecular formula is C10H6Br2IN3. The average Bonchev–Trinajstić information content (AvgIpc) is 2.26. The number of aromatic nitrogens is 2. The lowest BCUT2D eigenvalue weighted by atomic mass is 10.3. The average molecular weight is 455 g/mol. The molecular weight excluding hydrogens is 449 g/mol. The van der Waals surface area contributed by atoms with E-state index in [0.717, 1.165) is 18.2 Å². The molecule has 1 N–H and O–H groups in total. The molecule has 0 saturated heterocycles. The lowest BCUT2D eigenvalue weighted by Gasteiger charge is -2.08. The van der Waals surface area contributed by atoms with Crippen LogP contribution in [-0.4, -0.2) is 9.97 Å². The number of anilines is 2. The first-order valence-corrected chi connectivity index (χ1v) is 7.02. The maximum absolute atomic E-state index is 4.18. The molecule has 0 unspecified atom stereocenters. The minimum atomic E-state index is 0.577. The molecule has 0 aliphatic carbocycles. The van der Waals surface area contributed by atoms with E-state index in [1.54, 1.807) is 12.4 Å². The van der Waals surface area contributed by atoms with Gasteiger partial charge in [-0.3, -0.25) is 0 Å². The van der Waals surface area contributed by atoms with E-state index < -0.39 is 0 Å². The molecule has 82 valence electrons. The van der Waals surface area contributed by atoms with Crippen LogP contribution in [0.5, 0.6) is 0 Å². The Hall–Kier alpha value is -0.210. The van der Waals surface area contributed by atoms with Crippen molar-refractivity contribution in [1.29, 1.82) is 0 Å². The van der Waals surface area contributed by atoms with Crippen LogP contribution in [0.4, 0.5) is 11.6 Å². The molecule has 0 atom stereocenters. The van der Waals surface area contributed by atoms with Gasteiger partial charge in [0.1, 0.15) is 0 Å². The maximum atomic E-state index is 4.18. The van der Waals surface area contributed by atoms with E-state index in [2.05, 4.69) is 69.7 Å². The summed E-state index contributed by atoms with van der Waals surface area (Å²) in [6.07, 6.45) is 3.53. The van der Waals surface area contributed by atoms with Crippen molar-refractivity contribution in [1.82, 2.24) is 9.97 Å². The topological polar surface area (TPSA) is 37.8 Å². The monoisotopic (exact) mass is 453 g/mol. The summed E-state index contributed by atoms with van der Waals surface area (Å²) in [5, 5.41) is 3.15. The maximum Gasteiger partial charge on any atom is 0.227 e. The van der Waals surface area contributed by atoms with Gasteiger partial charge in [-0.15, -0.1) is 0 Å². The number of hydrogen-bond acceptors (Lipinski definition) is 3. The Kier molecular flexibility index (Phi) is 4.15. The first-order chi connectivity index (χ1) is 7.66. The highest BCUT2D eigenvalue weighted by atomic mass is 127. The standard InChI is InChI=1S/C10H6Br2IN3/c11-7-2-1-3-8(12)9(7)16-10-14-4-6(13)5-15-10/h1-5H,(H,14,15,16). The quantitative estimate of drug-likeness (QED) is 0.686. The van der Waals surface area contributed by atoms with Crippen LogP contribution in [0.3, 0.4) is 0 Å². The van der Waals surface area contributed by atoms with Gasteiger partial charge >= 0.3 is 0 Å². The van der Waals surface area contributed by atoms with Crippen LogP contribution in [0.2, 0.25) is 0 Å². The first-order valence-electron chi connectivity index (χ1n) is 4.35. The fourth-order valence-electron chi connectivity index (χ4n) is 1.11. The molecule has 1 heterocycles. The van der Waals surface area contributed by atoms with Crippen molar-refractivity contribution in [3.05, 3.63) is 43.1 Å². The third-order valence-corrected chi connectivity index (χ3v) is 3.70. The second kappa shape index (κ2) is 5.42. The van der Waals surface area contributed by atoms with Gasteiger partial charge < -0.3 is 5.32 Å². The highest BCUT2D eigenvalue weighted by Crippen LogP contribution is 2.32. The fraction of sp³-hybridized carbons (Fsp3) is 0. The predicted octanol–water partition coefficient (Wildman–Crippen LogP) is 4.35. The van der Waals surface area contributed by atoms with Gasteiger partial charge in [0.05, 0.1) is 5.69 Å². The van der Waals surface area contributed by atoms with E-state index in [1.807, 2.05) is 18.2 Å². The lowest BCUT2D eigenvalue weighted by Crippen LogP contribution is -1.98. The van der Waals surface area contributed by atoms with Crippen molar-refractivity contribution >= 4 is 66.1 Å². The molecule has 0 radical (unpaired) electrons. The summed E-state index contributed by atoms with van der Waals surface area (Å²) in [6.45, 7) is 0. The second-order valence-corrected chi connectivity index (χ2v) is 5.90. The van der Waals surface area contributed by atoms with Crippen molar-refractivity contribution in [3.8, 4) is 0 Å². The van der Waals surface area contributed by atoms with Gasteiger partial charge in [0.25, 0.3) is 0 Å². The van der Waals surface area contributed by atoms with Gasteiger partial charge in [-0.05, 0) is 66.6 Å². The smallest absolute Gasteiger partial charge is 0.227 e. The zero-order chi connectivity index (χ0) is 11.5. The Morgan fingerprint density at radius 1 is 1.06 bits per heavy atom. The lowest BCUT2D eigenvalue weighted by molar-refractivity contribution is 1.15. The Balaban J connectivity index is 2.30. The molecule has 0 spiro atoms. The van der Waals surface area contributed by atoms with Crippen LogP contribution in [0.15, 0.2) is 39.5 Å². The number of hydrogen-bond donors (Lipinski definition) is 1. The first kappa shape index (κ1) is 12.3. The van der Waals surface area contributed by atoms with Gasteiger partial charge in [-0.1, -0.05) is 6.07 Å². The largest absolute Gasteiger partial charge is 0.322 e. The summed E-state index contributed by atoms with van der Waals surface area (Å²) in [5.41, 5.74) is 0.920. The van der Waals surface area contributed by atoms with Gasteiger partial charge in [0, 0.05) is 24.9 Å². The zero-order valence-corrected chi connectivity index (χ0v) is 13.2. The van der Waals surface area contributed by atoms with Crippen molar-refractivity contribution in [2.75, 3.05) is 5.32 Å². The molecule has 1 aromatic carbocycles.